The van der Waals surface area contributed by atoms with E-state index in [1.165, 1.54) is 16.8 Å². The van der Waals surface area contributed by atoms with Crippen LogP contribution in [0.2, 0.25) is 0 Å². The zero-order valence-corrected chi connectivity index (χ0v) is 13.7. The summed E-state index contributed by atoms with van der Waals surface area (Å²) in [5.41, 5.74) is -0.809. The second kappa shape index (κ2) is 7.33. The van der Waals surface area contributed by atoms with Gasteiger partial charge in [0.1, 0.15) is 18.0 Å². The Labute approximate surface area is 147 Å². The maximum atomic E-state index is 13.9. The van der Waals surface area contributed by atoms with E-state index in [1.807, 2.05) is 0 Å². The predicted octanol–water partition coefficient (Wildman–Crippen LogP) is 3.42. The summed E-state index contributed by atoms with van der Waals surface area (Å²) < 4.78 is 60.2. The number of aromatic nitrogens is 2. The Balaban J connectivity index is 1.82. The molecule has 2 aromatic rings. The number of alkyl halides is 3. The highest BCUT2D eigenvalue weighted by Gasteiger charge is 2.38. The van der Waals surface area contributed by atoms with Crippen LogP contribution in [0.3, 0.4) is 0 Å². The fourth-order valence-electron chi connectivity index (χ4n) is 2.81. The molecule has 0 atom stereocenters. The largest absolute Gasteiger partial charge is 0.471 e. The molecular weight excluding hydrogens is 352 g/mol. The number of nitrogens with one attached hydrogen (secondary N) is 1. The van der Waals surface area contributed by atoms with Crippen LogP contribution < -0.4 is 10.1 Å². The van der Waals surface area contributed by atoms with E-state index in [0.29, 0.717) is 25.9 Å². The molecular formula is C17H16F4N4O. The Hall–Kier alpha value is -2.60. The topological polar surface area (TPSA) is 62.9 Å². The van der Waals surface area contributed by atoms with Crippen LogP contribution >= 0.6 is 0 Å². The Morgan fingerprint density at radius 1 is 1.31 bits per heavy atom. The molecule has 1 aromatic carbocycles. The number of benzene rings is 1. The molecule has 3 rings (SSSR count). The number of ether oxygens (including phenoxy) is 1. The number of hydrogen-bond donors (Lipinski definition) is 1. The van der Waals surface area contributed by atoms with Gasteiger partial charge in [0.25, 0.3) is 0 Å². The zero-order valence-electron chi connectivity index (χ0n) is 13.7. The molecule has 0 amide bonds. The first-order valence-electron chi connectivity index (χ1n) is 8.07. The van der Waals surface area contributed by atoms with E-state index in [9.17, 15) is 17.6 Å². The van der Waals surface area contributed by atoms with Crippen molar-refractivity contribution < 1.29 is 22.3 Å². The molecule has 0 unspecified atom stereocenters. The summed E-state index contributed by atoms with van der Waals surface area (Å²) in [4.78, 5) is 0. The van der Waals surface area contributed by atoms with Crippen molar-refractivity contribution in [2.45, 2.75) is 31.7 Å². The van der Waals surface area contributed by atoms with Crippen molar-refractivity contribution in [3.63, 3.8) is 0 Å². The summed E-state index contributed by atoms with van der Waals surface area (Å²) in [6.07, 6.45) is -2.34. The van der Waals surface area contributed by atoms with Crippen LogP contribution in [0.25, 0.3) is 0 Å². The van der Waals surface area contributed by atoms with Gasteiger partial charge in [-0.2, -0.15) is 18.4 Å². The van der Waals surface area contributed by atoms with Gasteiger partial charge in [-0.15, -0.1) is 5.10 Å². The minimum atomic E-state index is -4.62. The lowest BCUT2D eigenvalue weighted by molar-refractivity contribution is -0.139. The van der Waals surface area contributed by atoms with Gasteiger partial charge in [-0.1, -0.05) is 6.07 Å². The van der Waals surface area contributed by atoms with Gasteiger partial charge in [0.05, 0.1) is 17.7 Å². The van der Waals surface area contributed by atoms with Crippen LogP contribution in [0.4, 0.5) is 17.6 Å². The molecule has 1 saturated heterocycles. The van der Waals surface area contributed by atoms with Crippen LogP contribution in [-0.4, -0.2) is 22.9 Å². The van der Waals surface area contributed by atoms with Crippen LogP contribution in [-0.2, 0) is 12.8 Å². The van der Waals surface area contributed by atoms with E-state index in [-0.39, 0.29) is 17.2 Å². The molecule has 1 aliphatic heterocycles. The van der Waals surface area contributed by atoms with Crippen molar-refractivity contribution in [1.82, 2.24) is 15.1 Å². The molecule has 138 valence electrons. The fraction of sp³-hybridized carbons (Fsp3) is 0.412. The molecule has 0 aliphatic carbocycles. The second-order valence-corrected chi connectivity index (χ2v) is 6.01. The van der Waals surface area contributed by atoms with Crippen LogP contribution in [0.5, 0.6) is 5.88 Å². The molecule has 1 fully saturated rings. The molecule has 0 radical (unpaired) electrons. The molecule has 1 N–H and O–H groups in total. The summed E-state index contributed by atoms with van der Waals surface area (Å²) in [7, 11) is 0. The summed E-state index contributed by atoms with van der Waals surface area (Å²) in [5.74, 6) is -1.28. The molecule has 5 nitrogen and oxygen atoms in total. The van der Waals surface area contributed by atoms with Crippen molar-refractivity contribution in [3.05, 3.63) is 46.9 Å². The molecule has 1 aliphatic rings. The van der Waals surface area contributed by atoms with Gasteiger partial charge < -0.3 is 10.1 Å². The van der Waals surface area contributed by atoms with E-state index in [4.69, 9.17) is 10.00 Å². The Morgan fingerprint density at radius 2 is 2.04 bits per heavy atom. The number of halogens is 4. The number of nitrogens with zero attached hydrogens (tertiary/aromatic N) is 3. The van der Waals surface area contributed by atoms with Crippen molar-refractivity contribution in [3.8, 4) is 11.9 Å². The Kier molecular flexibility index (Phi) is 5.13. The third-order valence-electron chi connectivity index (χ3n) is 4.23. The molecule has 9 heteroatoms. The van der Waals surface area contributed by atoms with Crippen molar-refractivity contribution >= 4 is 0 Å². The smallest absolute Gasteiger partial charge is 0.423 e. The van der Waals surface area contributed by atoms with Gasteiger partial charge in [0.15, 0.2) is 0 Å². The summed E-state index contributed by atoms with van der Waals surface area (Å²) in [5, 5.41) is 15.8. The van der Waals surface area contributed by atoms with E-state index >= 15 is 0 Å². The van der Waals surface area contributed by atoms with Crippen LogP contribution in [0.15, 0.2) is 24.4 Å². The zero-order chi connectivity index (χ0) is 18.7. The van der Waals surface area contributed by atoms with Crippen molar-refractivity contribution in [2.24, 2.45) is 0 Å². The van der Waals surface area contributed by atoms with Gasteiger partial charge in [0, 0.05) is 11.8 Å². The van der Waals surface area contributed by atoms with Crippen molar-refractivity contribution in [2.75, 3.05) is 13.1 Å². The van der Waals surface area contributed by atoms with E-state index < -0.39 is 30.0 Å². The first-order valence-corrected chi connectivity index (χ1v) is 8.07. The minimum Gasteiger partial charge on any atom is -0.471 e. The van der Waals surface area contributed by atoms with Gasteiger partial charge in [-0.3, -0.25) is 4.68 Å². The number of nitriles is 1. The first-order chi connectivity index (χ1) is 12.4. The summed E-state index contributed by atoms with van der Waals surface area (Å²) >= 11 is 0. The number of piperidine rings is 1. The maximum Gasteiger partial charge on any atom is 0.423 e. The first kappa shape index (κ1) is 18.2. The molecule has 26 heavy (non-hydrogen) atoms. The molecule has 1 aromatic heterocycles. The summed E-state index contributed by atoms with van der Waals surface area (Å²) in [6.45, 7) is 1.00. The minimum absolute atomic E-state index is 0.0496. The van der Waals surface area contributed by atoms with Gasteiger partial charge in [0.2, 0.25) is 5.88 Å². The number of rotatable bonds is 4. The predicted molar refractivity (Wildman–Crippen MR) is 83.8 cm³/mol. The third-order valence-corrected chi connectivity index (χ3v) is 4.23. The highest BCUT2D eigenvalue weighted by molar-refractivity contribution is 5.33. The van der Waals surface area contributed by atoms with E-state index in [0.717, 1.165) is 12.3 Å². The van der Waals surface area contributed by atoms with Gasteiger partial charge >= 0.3 is 6.18 Å². The lowest BCUT2D eigenvalue weighted by Gasteiger charge is -2.22. The molecule has 0 spiro atoms. The molecule has 0 saturated carbocycles. The van der Waals surface area contributed by atoms with Gasteiger partial charge in [-0.25, -0.2) is 4.39 Å². The Bertz CT molecular complexity index is 819. The third kappa shape index (κ3) is 3.96. The Morgan fingerprint density at radius 3 is 2.65 bits per heavy atom. The quantitative estimate of drug-likeness (QED) is 0.840. The highest BCUT2D eigenvalue weighted by Crippen LogP contribution is 2.37. The normalized spacial score (nSPS) is 15.7. The monoisotopic (exact) mass is 368 g/mol. The summed E-state index contributed by atoms with van der Waals surface area (Å²) in [6, 6.07) is 5.35. The molecule has 0 bridgehead atoms. The standard InChI is InChI=1S/C17H16F4N4O/c18-15-7-11(8-22)1-2-12(15)10-26-16-14(17(19,20)21)9-25(24-16)13-3-5-23-6-4-13/h1-2,7,9,13,23H,3-6,10H2. The SMILES string of the molecule is N#Cc1ccc(COc2nn(C3CCNCC3)cc2C(F)(F)F)c(F)c1. The lowest BCUT2D eigenvalue weighted by Crippen LogP contribution is -2.29. The second-order valence-electron chi connectivity index (χ2n) is 6.01. The maximum absolute atomic E-state index is 13.9. The van der Waals surface area contributed by atoms with E-state index in [1.54, 1.807) is 6.07 Å². The van der Waals surface area contributed by atoms with Crippen LogP contribution in [0, 0.1) is 17.1 Å². The fourth-order valence-corrected chi connectivity index (χ4v) is 2.81. The van der Waals surface area contributed by atoms with Crippen molar-refractivity contribution in [1.29, 1.82) is 5.26 Å². The molecule has 2 heterocycles. The number of hydrogen-bond acceptors (Lipinski definition) is 4. The lowest BCUT2D eigenvalue weighted by atomic mass is 10.1. The van der Waals surface area contributed by atoms with Gasteiger partial charge in [-0.05, 0) is 38.1 Å². The average molecular weight is 368 g/mol. The van der Waals surface area contributed by atoms with Crippen LogP contribution in [0.1, 0.15) is 35.6 Å². The van der Waals surface area contributed by atoms with E-state index in [2.05, 4.69) is 10.4 Å². The average Bonchev–Trinajstić information content (AvgIpc) is 3.06. The highest BCUT2D eigenvalue weighted by atomic mass is 19.4.